The molecule has 4 heteroatoms. The molecule has 6 aliphatic carbocycles. The molecule has 6 aliphatic rings. The van der Waals surface area contributed by atoms with Gasteiger partial charge in [0.25, 0.3) is 0 Å². The van der Waals surface area contributed by atoms with Crippen LogP contribution < -0.4 is 0 Å². The molecular formula is C31H22O4. The Morgan fingerprint density at radius 1 is 0.657 bits per heavy atom. The summed E-state index contributed by atoms with van der Waals surface area (Å²) in [7, 11) is 0. The number of carboxylic acid groups (broad SMARTS) is 2. The number of carbonyl (C=O) groups is 2. The summed E-state index contributed by atoms with van der Waals surface area (Å²) in [6.45, 7) is 0. The summed E-state index contributed by atoms with van der Waals surface area (Å²) < 4.78 is 0. The number of carboxylic acids is 2. The minimum Gasteiger partial charge on any atom is -0.481 e. The predicted molar refractivity (Wildman–Crippen MR) is 129 cm³/mol. The molecule has 0 aliphatic heterocycles. The fourth-order valence-corrected chi connectivity index (χ4v) is 9.41. The number of aliphatic carboxylic acids is 2. The average molecular weight is 459 g/mol. The standard InChI is InChI=1S/C31H22O4/c32-27(33)29-20-12-4-1-9-17(20)25(18-10-2-5-13-21(18)29)31-24-16-8-7-15-23(24)30(31,28(34)35)22-14-6-3-11-19(22)26(29)31/h1-17,20,25-26H,(H,32,33)(H,34,35). The van der Waals surface area contributed by atoms with Gasteiger partial charge in [-0.3, -0.25) is 9.59 Å². The van der Waals surface area contributed by atoms with Crippen molar-refractivity contribution in [3.8, 4) is 0 Å². The highest BCUT2D eigenvalue weighted by Gasteiger charge is 2.87. The van der Waals surface area contributed by atoms with Crippen LogP contribution >= 0.6 is 0 Å². The first kappa shape index (κ1) is 19.4. The molecule has 3 aromatic carbocycles. The van der Waals surface area contributed by atoms with E-state index in [1.165, 1.54) is 0 Å². The number of hydrogen-bond acceptors (Lipinski definition) is 2. The zero-order valence-corrected chi connectivity index (χ0v) is 18.8. The first-order chi connectivity index (χ1) is 17.0. The molecule has 0 saturated heterocycles. The van der Waals surface area contributed by atoms with Gasteiger partial charge in [0.2, 0.25) is 0 Å². The van der Waals surface area contributed by atoms with Crippen LogP contribution in [-0.2, 0) is 25.8 Å². The number of allylic oxidation sites excluding steroid dienone is 4. The second-order valence-corrected chi connectivity index (χ2v) is 10.6. The van der Waals surface area contributed by atoms with Gasteiger partial charge in [-0.05, 0) is 39.3 Å². The van der Waals surface area contributed by atoms with Crippen molar-refractivity contribution in [2.75, 3.05) is 0 Å². The molecule has 1 spiro atoms. The van der Waals surface area contributed by atoms with Crippen LogP contribution in [0.2, 0.25) is 0 Å². The molecule has 0 radical (unpaired) electrons. The van der Waals surface area contributed by atoms with Gasteiger partial charge in [0.05, 0.1) is 0 Å². The van der Waals surface area contributed by atoms with E-state index in [1.54, 1.807) is 0 Å². The molecule has 2 bridgehead atoms. The minimum atomic E-state index is -1.29. The molecular weight excluding hydrogens is 436 g/mol. The molecule has 1 fully saturated rings. The summed E-state index contributed by atoms with van der Waals surface area (Å²) in [5, 5.41) is 22.4. The van der Waals surface area contributed by atoms with Crippen LogP contribution in [0.4, 0.5) is 0 Å². The van der Waals surface area contributed by atoms with E-state index in [0.29, 0.717) is 0 Å². The molecule has 0 heterocycles. The molecule has 9 rings (SSSR count). The lowest BCUT2D eigenvalue weighted by Crippen LogP contribution is -2.75. The highest BCUT2D eigenvalue weighted by Crippen LogP contribution is 2.85. The van der Waals surface area contributed by atoms with E-state index in [-0.39, 0.29) is 17.8 Å². The summed E-state index contributed by atoms with van der Waals surface area (Å²) in [5.74, 6) is -2.78. The van der Waals surface area contributed by atoms with Gasteiger partial charge < -0.3 is 10.2 Å². The van der Waals surface area contributed by atoms with Gasteiger partial charge >= 0.3 is 11.9 Å². The molecule has 3 aromatic rings. The van der Waals surface area contributed by atoms with Crippen molar-refractivity contribution >= 4 is 11.9 Å². The van der Waals surface area contributed by atoms with Crippen molar-refractivity contribution in [2.45, 2.75) is 28.1 Å². The third-order valence-electron chi connectivity index (χ3n) is 9.98. The Morgan fingerprint density at radius 2 is 1.26 bits per heavy atom. The maximum atomic E-state index is 13.8. The van der Waals surface area contributed by atoms with E-state index >= 15 is 0 Å². The van der Waals surface area contributed by atoms with E-state index in [9.17, 15) is 19.8 Å². The van der Waals surface area contributed by atoms with Crippen LogP contribution in [0.5, 0.6) is 0 Å². The van der Waals surface area contributed by atoms with Crippen LogP contribution in [0.25, 0.3) is 0 Å². The number of benzene rings is 3. The van der Waals surface area contributed by atoms with Gasteiger partial charge in [-0.1, -0.05) is 97.1 Å². The molecule has 1 saturated carbocycles. The Balaban J connectivity index is 1.65. The van der Waals surface area contributed by atoms with Crippen molar-refractivity contribution in [3.63, 3.8) is 0 Å². The number of fused-ring (bicyclic) bond motifs is 4. The Bertz CT molecular complexity index is 1570. The number of rotatable bonds is 2. The highest BCUT2D eigenvalue weighted by atomic mass is 16.4. The Hall–Kier alpha value is -3.92. The monoisotopic (exact) mass is 458 g/mol. The van der Waals surface area contributed by atoms with Crippen LogP contribution in [0.15, 0.2) is 97.1 Å². The SMILES string of the molecule is O=C(O)C12c3ccccc3C(C3C=CC=CC31)C13c4ccccc4C1(C(=O)O)c1ccccc1C23. The van der Waals surface area contributed by atoms with Crippen molar-refractivity contribution in [3.05, 3.63) is 130 Å². The smallest absolute Gasteiger partial charge is 0.319 e. The van der Waals surface area contributed by atoms with Gasteiger partial charge in [0.15, 0.2) is 0 Å². The zero-order valence-electron chi connectivity index (χ0n) is 18.8. The summed E-state index contributed by atoms with van der Waals surface area (Å²) >= 11 is 0. The summed E-state index contributed by atoms with van der Waals surface area (Å²) in [5.41, 5.74) is 1.80. The molecule has 7 unspecified atom stereocenters. The molecule has 0 aromatic heterocycles. The maximum absolute atomic E-state index is 13.8. The molecule has 2 N–H and O–H groups in total. The Labute approximate surface area is 202 Å². The van der Waals surface area contributed by atoms with E-state index in [4.69, 9.17) is 0 Å². The van der Waals surface area contributed by atoms with Gasteiger partial charge in [0, 0.05) is 23.2 Å². The second-order valence-electron chi connectivity index (χ2n) is 10.6. The Kier molecular flexibility index (Phi) is 3.23. The molecule has 170 valence electrons. The lowest BCUT2D eigenvalue weighted by Gasteiger charge is -2.72. The van der Waals surface area contributed by atoms with Crippen molar-refractivity contribution < 1.29 is 19.8 Å². The van der Waals surface area contributed by atoms with Crippen molar-refractivity contribution in [1.82, 2.24) is 0 Å². The topological polar surface area (TPSA) is 74.6 Å². The molecule has 4 nitrogen and oxygen atoms in total. The largest absolute Gasteiger partial charge is 0.481 e. The normalized spacial score (nSPS) is 37.7. The third-order valence-corrected chi connectivity index (χ3v) is 9.98. The van der Waals surface area contributed by atoms with Crippen molar-refractivity contribution in [1.29, 1.82) is 0 Å². The van der Waals surface area contributed by atoms with E-state index < -0.39 is 34.1 Å². The summed E-state index contributed by atoms with van der Waals surface area (Å²) in [4.78, 5) is 27.4. The van der Waals surface area contributed by atoms with Gasteiger partial charge in [-0.15, -0.1) is 0 Å². The van der Waals surface area contributed by atoms with Gasteiger partial charge in [-0.25, -0.2) is 0 Å². The third kappa shape index (κ3) is 1.62. The zero-order chi connectivity index (χ0) is 23.7. The molecule has 35 heavy (non-hydrogen) atoms. The van der Waals surface area contributed by atoms with Gasteiger partial charge in [0.1, 0.15) is 10.8 Å². The average Bonchev–Trinajstić information content (AvgIpc) is 3.12. The fourth-order valence-electron chi connectivity index (χ4n) is 9.41. The van der Waals surface area contributed by atoms with Crippen LogP contribution in [0.3, 0.4) is 0 Å². The number of hydrogen-bond donors (Lipinski definition) is 2. The van der Waals surface area contributed by atoms with E-state index in [1.807, 2.05) is 84.9 Å². The summed E-state index contributed by atoms with van der Waals surface area (Å²) in [6, 6.07) is 23.5. The van der Waals surface area contributed by atoms with Gasteiger partial charge in [-0.2, -0.15) is 0 Å². The highest BCUT2D eigenvalue weighted by molar-refractivity contribution is 6.01. The maximum Gasteiger partial charge on any atom is 0.319 e. The lowest BCUT2D eigenvalue weighted by molar-refractivity contribution is -0.162. The first-order valence-electron chi connectivity index (χ1n) is 12.2. The van der Waals surface area contributed by atoms with Crippen molar-refractivity contribution in [2.24, 2.45) is 11.8 Å². The lowest BCUT2D eigenvalue weighted by atomic mass is 9.28. The van der Waals surface area contributed by atoms with Crippen LogP contribution in [-0.4, -0.2) is 22.2 Å². The first-order valence-corrected chi connectivity index (χ1v) is 12.2. The van der Waals surface area contributed by atoms with Crippen LogP contribution in [0, 0.1) is 11.8 Å². The van der Waals surface area contributed by atoms with Crippen LogP contribution in [0.1, 0.15) is 45.2 Å². The predicted octanol–water partition coefficient (Wildman–Crippen LogP) is 4.90. The minimum absolute atomic E-state index is 0.108. The fraction of sp³-hybridized carbons (Fsp3) is 0.226. The van der Waals surface area contributed by atoms with E-state index in [0.717, 1.165) is 33.4 Å². The Morgan fingerprint density at radius 3 is 1.97 bits per heavy atom. The summed E-state index contributed by atoms with van der Waals surface area (Å²) in [6.07, 6.45) is 8.15. The van der Waals surface area contributed by atoms with E-state index in [2.05, 4.69) is 12.2 Å². The molecule has 7 atom stereocenters. The second kappa shape index (κ2) is 5.83. The quantitative estimate of drug-likeness (QED) is 0.573. The molecule has 0 amide bonds.